The molecule has 170 valence electrons. The van der Waals surface area contributed by atoms with E-state index in [9.17, 15) is 9.59 Å². The van der Waals surface area contributed by atoms with Gasteiger partial charge in [0.15, 0.2) is 0 Å². The zero-order valence-electron chi connectivity index (χ0n) is 18.7. The van der Waals surface area contributed by atoms with Gasteiger partial charge in [-0.1, -0.05) is 13.0 Å². The van der Waals surface area contributed by atoms with Crippen molar-refractivity contribution in [3.63, 3.8) is 0 Å². The van der Waals surface area contributed by atoms with Gasteiger partial charge in [0.05, 0.1) is 24.4 Å². The first kappa shape index (κ1) is 22.1. The summed E-state index contributed by atoms with van der Waals surface area (Å²) in [5, 5.41) is 6.05. The van der Waals surface area contributed by atoms with Crippen molar-refractivity contribution in [3.8, 4) is 5.75 Å². The van der Waals surface area contributed by atoms with Crippen LogP contribution in [0.2, 0.25) is 0 Å². The van der Waals surface area contributed by atoms with E-state index in [1.165, 1.54) is 0 Å². The highest BCUT2D eigenvalue weighted by Crippen LogP contribution is 2.44. The Kier molecular flexibility index (Phi) is 6.60. The minimum absolute atomic E-state index is 0.0292. The summed E-state index contributed by atoms with van der Waals surface area (Å²) >= 11 is 0. The lowest BCUT2D eigenvalue weighted by atomic mass is 9.75. The van der Waals surface area contributed by atoms with E-state index in [1.807, 2.05) is 35.2 Å². The van der Waals surface area contributed by atoms with Crippen molar-refractivity contribution < 1.29 is 14.3 Å². The number of methoxy groups -OCH3 is 1. The van der Waals surface area contributed by atoms with Gasteiger partial charge in [-0.15, -0.1) is 0 Å². The number of aromatic nitrogens is 1. The quantitative estimate of drug-likeness (QED) is 0.748. The monoisotopic (exact) mass is 437 g/mol. The molecule has 0 spiro atoms. The zero-order valence-corrected chi connectivity index (χ0v) is 18.7. The summed E-state index contributed by atoms with van der Waals surface area (Å²) in [6.45, 7) is 5.07. The number of likely N-dealkylation sites (tertiary alicyclic amines) is 2. The molecule has 8 heteroatoms. The van der Waals surface area contributed by atoms with E-state index in [1.54, 1.807) is 25.6 Å². The number of fused-ring (bicyclic) bond motifs is 1. The molecule has 2 aliphatic rings. The number of carbonyl (C=O) groups is 2. The number of anilines is 2. The van der Waals surface area contributed by atoms with Crippen LogP contribution in [0.25, 0.3) is 0 Å². The van der Waals surface area contributed by atoms with Gasteiger partial charge < -0.3 is 20.3 Å². The Labute approximate surface area is 188 Å². The number of amides is 3. The number of urea groups is 1. The summed E-state index contributed by atoms with van der Waals surface area (Å²) in [6.07, 6.45) is 5.55. The summed E-state index contributed by atoms with van der Waals surface area (Å²) in [5.74, 6) is 0.722. The van der Waals surface area contributed by atoms with E-state index in [-0.39, 0.29) is 18.0 Å². The lowest BCUT2D eigenvalue weighted by Gasteiger charge is -2.35. The fourth-order valence-electron chi connectivity index (χ4n) is 5.05. The number of hydrogen-bond acceptors (Lipinski definition) is 5. The summed E-state index contributed by atoms with van der Waals surface area (Å²) in [5.41, 5.74) is 0.882. The van der Waals surface area contributed by atoms with Crippen LogP contribution >= 0.6 is 0 Å². The van der Waals surface area contributed by atoms with Crippen LogP contribution in [0.4, 0.5) is 16.2 Å². The molecule has 2 atom stereocenters. The lowest BCUT2D eigenvalue weighted by Crippen LogP contribution is -2.47. The molecule has 8 nitrogen and oxygen atoms in total. The Hall–Kier alpha value is -3.13. The largest absolute Gasteiger partial charge is 0.497 e. The van der Waals surface area contributed by atoms with Crippen LogP contribution < -0.4 is 15.4 Å². The molecule has 2 aliphatic heterocycles. The second kappa shape index (κ2) is 9.56. The van der Waals surface area contributed by atoms with Gasteiger partial charge in [0.1, 0.15) is 5.75 Å². The number of benzene rings is 1. The third kappa shape index (κ3) is 4.41. The maximum Gasteiger partial charge on any atom is 0.321 e. The lowest BCUT2D eigenvalue weighted by molar-refractivity contribution is -0.127. The number of rotatable bonds is 5. The maximum absolute atomic E-state index is 13.5. The Morgan fingerprint density at radius 3 is 2.69 bits per heavy atom. The third-order valence-corrected chi connectivity index (χ3v) is 6.81. The molecule has 2 fully saturated rings. The van der Waals surface area contributed by atoms with E-state index >= 15 is 0 Å². The molecule has 0 saturated carbocycles. The van der Waals surface area contributed by atoms with E-state index in [0.29, 0.717) is 36.6 Å². The maximum atomic E-state index is 13.5. The molecule has 3 heterocycles. The fourth-order valence-corrected chi connectivity index (χ4v) is 5.05. The second-order valence-electron chi connectivity index (χ2n) is 8.43. The topological polar surface area (TPSA) is 86.8 Å². The first-order valence-electron chi connectivity index (χ1n) is 11.2. The van der Waals surface area contributed by atoms with Gasteiger partial charge in [-0.25, -0.2) is 4.79 Å². The molecule has 32 heavy (non-hydrogen) atoms. The molecular formula is C24H31N5O3. The standard InChI is InChI=1S/C24H31N5O3/c1-3-28-14-10-24(22(30)26-19-7-5-12-25-17-19)11-15-29(13-9-21(24)28)23(31)27-18-6-4-8-20(16-18)32-2/h4-8,12,16-17,21H,3,9-11,13-15H2,1-2H3,(H,26,30)(H,27,31)/t21-,24-/m0/s1. The van der Waals surface area contributed by atoms with Gasteiger partial charge in [-0.3, -0.25) is 14.7 Å². The van der Waals surface area contributed by atoms with Crippen LogP contribution in [0.3, 0.4) is 0 Å². The molecule has 1 aromatic heterocycles. The van der Waals surface area contributed by atoms with Crippen molar-refractivity contribution in [1.82, 2.24) is 14.8 Å². The fraction of sp³-hybridized carbons (Fsp3) is 0.458. The van der Waals surface area contributed by atoms with E-state index in [2.05, 4.69) is 27.4 Å². The number of hydrogen-bond donors (Lipinski definition) is 2. The molecule has 2 N–H and O–H groups in total. The van der Waals surface area contributed by atoms with Crippen molar-refractivity contribution in [2.45, 2.75) is 32.2 Å². The molecular weight excluding hydrogens is 406 g/mol. The number of nitrogens with one attached hydrogen (secondary N) is 2. The van der Waals surface area contributed by atoms with Crippen LogP contribution in [0.15, 0.2) is 48.8 Å². The second-order valence-corrected chi connectivity index (χ2v) is 8.43. The summed E-state index contributed by atoms with van der Waals surface area (Å²) in [4.78, 5) is 34.8. The normalized spacial score (nSPS) is 23.2. The highest BCUT2D eigenvalue weighted by molar-refractivity contribution is 5.96. The highest BCUT2D eigenvalue weighted by Gasteiger charge is 2.53. The van der Waals surface area contributed by atoms with Gasteiger partial charge in [0, 0.05) is 37.1 Å². The number of carbonyl (C=O) groups excluding carboxylic acids is 2. The molecule has 1 aromatic carbocycles. The average molecular weight is 438 g/mol. The van der Waals surface area contributed by atoms with Crippen molar-refractivity contribution in [3.05, 3.63) is 48.8 Å². The molecule has 0 unspecified atom stereocenters. The minimum Gasteiger partial charge on any atom is -0.497 e. The smallest absolute Gasteiger partial charge is 0.321 e. The Bertz CT molecular complexity index is 954. The van der Waals surface area contributed by atoms with Crippen LogP contribution in [0.5, 0.6) is 5.75 Å². The summed E-state index contributed by atoms with van der Waals surface area (Å²) in [7, 11) is 1.60. The van der Waals surface area contributed by atoms with E-state index in [0.717, 1.165) is 25.9 Å². The van der Waals surface area contributed by atoms with E-state index < -0.39 is 5.41 Å². The Morgan fingerprint density at radius 1 is 1.12 bits per heavy atom. The molecule has 0 bridgehead atoms. The molecule has 0 aliphatic carbocycles. The van der Waals surface area contributed by atoms with Gasteiger partial charge in [0.25, 0.3) is 0 Å². The number of ether oxygens (including phenoxy) is 1. The van der Waals surface area contributed by atoms with Crippen molar-refractivity contribution >= 4 is 23.3 Å². The molecule has 2 saturated heterocycles. The van der Waals surface area contributed by atoms with Gasteiger partial charge in [-0.2, -0.15) is 0 Å². The van der Waals surface area contributed by atoms with Crippen molar-refractivity contribution in [2.75, 3.05) is 43.9 Å². The third-order valence-electron chi connectivity index (χ3n) is 6.81. The summed E-state index contributed by atoms with van der Waals surface area (Å²) in [6, 6.07) is 11.0. The predicted octanol–water partition coefficient (Wildman–Crippen LogP) is 3.44. The zero-order chi connectivity index (χ0) is 22.6. The summed E-state index contributed by atoms with van der Waals surface area (Å²) < 4.78 is 5.25. The molecule has 4 rings (SSSR count). The minimum atomic E-state index is -0.517. The number of pyridine rings is 1. The van der Waals surface area contributed by atoms with Crippen LogP contribution in [0, 0.1) is 5.41 Å². The van der Waals surface area contributed by atoms with Crippen molar-refractivity contribution in [1.29, 1.82) is 0 Å². The van der Waals surface area contributed by atoms with Gasteiger partial charge in [0.2, 0.25) is 5.91 Å². The van der Waals surface area contributed by atoms with Crippen molar-refractivity contribution in [2.24, 2.45) is 5.41 Å². The molecule has 3 amide bonds. The average Bonchev–Trinajstić information content (AvgIpc) is 3.06. The molecule has 2 aromatic rings. The highest BCUT2D eigenvalue weighted by atomic mass is 16.5. The van der Waals surface area contributed by atoms with Gasteiger partial charge in [-0.05, 0) is 56.6 Å². The SMILES string of the molecule is CCN1CC[C@]2(C(=O)Nc3cccnc3)CCN(C(=O)Nc3cccc(OC)c3)CC[C@H]12. The Balaban J connectivity index is 1.50. The predicted molar refractivity (Wildman–Crippen MR) is 124 cm³/mol. The Morgan fingerprint density at radius 2 is 1.94 bits per heavy atom. The van der Waals surface area contributed by atoms with Crippen LogP contribution in [0.1, 0.15) is 26.2 Å². The first-order valence-corrected chi connectivity index (χ1v) is 11.2. The molecule has 0 radical (unpaired) electrons. The van der Waals surface area contributed by atoms with Gasteiger partial charge >= 0.3 is 6.03 Å². The first-order chi connectivity index (χ1) is 15.6. The van der Waals surface area contributed by atoms with Crippen LogP contribution in [-0.2, 0) is 4.79 Å². The number of nitrogens with zero attached hydrogens (tertiary/aromatic N) is 3. The van der Waals surface area contributed by atoms with E-state index in [4.69, 9.17) is 4.74 Å². The van der Waals surface area contributed by atoms with Crippen LogP contribution in [-0.4, -0.2) is 66.1 Å².